The number of carbonyl (C=O) groups excluding carboxylic acids is 2. The van der Waals surface area contributed by atoms with Crippen molar-refractivity contribution >= 4 is 22.3 Å². The van der Waals surface area contributed by atoms with Crippen molar-refractivity contribution in [3.05, 3.63) is 59.3 Å². The van der Waals surface area contributed by atoms with Crippen molar-refractivity contribution in [1.29, 1.82) is 0 Å². The van der Waals surface area contributed by atoms with Crippen LogP contribution in [0.3, 0.4) is 0 Å². The summed E-state index contributed by atoms with van der Waals surface area (Å²) in [5, 5.41) is 1.99. The van der Waals surface area contributed by atoms with Gasteiger partial charge in [0.25, 0.3) is 0 Å². The van der Waals surface area contributed by atoms with Gasteiger partial charge in [0, 0.05) is 30.3 Å². The van der Waals surface area contributed by atoms with Crippen LogP contribution in [-0.2, 0) is 0 Å². The Labute approximate surface area is 110 Å². The Hall–Kier alpha value is -2.42. The fraction of sp³-hybridized carbons (Fsp3) is 0.125. The zero-order valence-corrected chi connectivity index (χ0v) is 10.2. The SMILES string of the molecule is O=C1C=C(N2CC2)C(=O)c2cc3ccccc3cc21. The monoisotopic (exact) mass is 249 g/mol. The Balaban J connectivity index is 1.97. The van der Waals surface area contributed by atoms with Crippen LogP contribution < -0.4 is 0 Å². The summed E-state index contributed by atoms with van der Waals surface area (Å²) in [6.45, 7) is 1.74. The average Bonchev–Trinajstić information content (AvgIpc) is 3.26. The summed E-state index contributed by atoms with van der Waals surface area (Å²) in [6.07, 6.45) is 1.48. The molecule has 1 saturated heterocycles. The van der Waals surface area contributed by atoms with Gasteiger partial charge in [-0.25, -0.2) is 0 Å². The highest BCUT2D eigenvalue weighted by atomic mass is 16.1. The summed E-state index contributed by atoms with van der Waals surface area (Å²) >= 11 is 0. The molecule has 0 unspecified atom stereocenters. The lowest BCUT2D eigenvalue weighted by Crippen LogP contribution is -2.21. The van der Waals surface area contributed by atoms with Gasteiger partial charge in [0.15, 0.2) is 5.78 Å². The van der Waals surface area contributed by atoms with Crippen LogP contribution in [0.15, 0.2) is 48.2 Å². The van der Waals surface area contributed by atoms with E-state index in [4.69, 9.17) is 0 Å². The second kappa shape index (κ2) is 3.54. The largest absolute Gasteiger partial charge is 0.365 e. The third-order valence-electron chi connectivity index (χ3n) is 3.68. The molecule has 0 radical (unpaired) electrons. The van der Waals surface area contributed by atoms with Gasteiger partial charge in [-0.15, -0.1) is 0 Å². The van der Waals surface area contributed by atoms with Gasteiger partial charge in [-0.2, -0.15) is 0 Å². The molecular formula is C16H11NO2. The summed E-state index contributed by atoms with van der Waals surface area (Å²) in [4.78, 5) is 26.5. The minimum atomic E-state index is -0.0674. The van der Waals surface area contributed by atoms with Crippen molar-refractivity contribution in [3.63, 3.8) is 0 Å². The molecule has 1 aliphatic carbocycles. The van der Waals surface area contributed by atoms with E-state index in [1.165, 1.54) is 6.08 Å². The number of nitrogens with zero attached hydrogens (tertiary/aromatic N) is 1. The normalized spacial score (nSPS) is 17.5. The molecule has 2 aliphatic rings. The Kier molecular flexibility index (Phi) is 1.96. The van der Waals surface area contributed by atoms with Gasteiger partial charge in [-0.1, -0.05) is 24.3 Å². The molecule has 4 rings (SSSR count). The number of carbonyl (C=O) groups is 2. The standard InChI is InChI=1S/C16H11NO2/c18-15-9-14(17-5-6-17)16(19)13-8-11-4-2-1-3-10(11)7-12(13)15/h1-4,7-9H,5-6H2. The highest BCUT2D eigenvalue weighted by Gasteiger charge is 2.33. The van der Waals surface area contributed by atoms with Gasteiger partial charge in [-0.05, 0) is 22.9 Å². The molecule has 92 valence electrons. The van der Waals surface area contributed by atoms with Crippen LogP contribution in [0.5, 0.6) is 0 Å². The van der Waals surface area contributed by atoms with Crippen molar-refractivity contribution in [3.8, 4) is 0 Å². The minimum Gasteiger partial charge on any atom is -0.365 e. The maximum absolute atomic E-state index is 12.4. The zero-order chi connectivity index (χ0) is 13.0. The lowest BCUT2D eigenvalue weighted by Gasteiger charge is -2.16. The minimum absolute atomic E-state index is 0.0298. The summed E-state index contributed by atoms with van der Waals surface area (Å²) < 4.78 is 0. The van der Waals surface area contributed by atoms with Crippen molar-refractivity contribution in [2.24, 2.45) is 0 Å². The molecule has 0 amide bonds. The fourth-order valence-electron chi connectivity index (χ4n) is 2.56. The van der Waals surface area contributed by atoms with Gasteiger partial charge in [0.1, 0.15) is 0 Å². The van der Waals surface area contributed by atoms with Crippen LogP contribution in [0.1, 0.15) is 20.7 Å². The summed E-state index contributed by atoms with van der Waals surface area (Å²) in [5.41, 5.74) is 1.61. The van der Waals surface area contributed by atoms with Crippen LogP contribution in [-0.4, -0.2) is 29.6 Å². The van der Waals surface area contributed by atoms with Crippen molar-refractivity contribution in [1.82, 2.24) is 4.90 Å². The highest BCUT2D eigenvalue weighted by molar-refractivity contribution is 6.25. The van der Waals surface area contributed by atoms with Crippen LogP contribution in [0.4, 0.5) is 0 Å². The van der Waals surface area contributed by atoms with Gasteiger partial charge in [-0.3, -0.25) is 9.59 Å². The molecule has 0 N–H and O–H groups in total. The molecule has 1 aliphatic heterocycles. The predicted octanol–water partition coefficient (Wildman–Crippen LogP) is 2.42. The maximum atomic E-state index is 12.4. The van der Waals surface area contributed by atoms with Crippen LogP contribution in [0, 0.1) is 0 Å². The molecule has 2 aromatic carbocycles. The molecule has 3 nitrogen and oxygen atoms in total. The van der Waals surface area contributed by atoms with E-state index < -0.39 is 0 Å². The van der Waals surface area contributed by atoms with Gasteiger partial charge in [0.2, 0.25) is 5.78 Å². The van der Waals surface area contributed by atoms with Crippen molar-refractivity contribution in [2.75, 3.05) is 13.1 Å². The number of benzene rings is 2. The Morgan fingerprint density at radius 3 is 2.16 bits per heavy atom. The van der Waals surface area contributed by atoms with E-state index in [1.54, 1.807) is 0 Å². The second-order valence-corrected chi connectivity index (χ2v) is 4.95. The Morgan fingerprint density at radius 1 is 0.895 bits per heavy atom. The molecule has 0 saturated carbocycles. The average molecular weight is 249 g/mol. The van der Waals surface area contributed by atoms with E-state index in [-0.39, 0.29) is 11.6 Å². The first-order valence-electron chi connectivity index (χ1n) is 6.32. The van der Waals surface area contributed by atoms with Crippen molar-refractivity contribution in [2.45, 2.75) is 0 Å². The first-order chi connectivity index (χ1) is 9.24. The molecule has 19 heavy (non-hydrogen) atoms. The molecule has 2 aromatic rings. The number of hydrogen-bond acceptors (Lipinski definition) is 3. The summed E-state index contributed by atoms with van der Waals surface area (Å²) in [6, 6.07) is 11.4. The molecule has 0 spiro atoms. The van der Waals surface area contributed by atoms with Gasteiger partial charge < -0.3 is 4.90 Å². The molecular weight excluding hydrogens is 238 g/mol. The Morgan fingerprint density at radius 2 is 1.53 bits per heavy atom. The summed E-state index contributed by atoms with van der Waals surface area (Å²) in [7, 11) is 0. The van der Waals surface area contributed by atoms with E-state index in [0.717, 1.165) is 23.9 Å². The topological polar surface area (TPSA) is 37.1 Å². The maximum Gasteiger partial charge on any atom is 0.209 e. The lowest BCUT2D eigenvalue weighted by molar-refractivity contribution is 0.0970. The van der Waals surface area contributed by atoms with Gasteiger partial charge >= 0.3 is 0 Å². The van der Waals surface area contributed by atoms with Crippen LogP contribution >= 0.6 is 0 Å². The summed E-state index contributed by atoms with van der Waals surface area (Å²) in [5.74, 6) is -0.0971. The van der Waals surface area contributed by atoms with E-state index in [2.05, 4.69) is 0 Å². The number of fused-ring (bicyclic) bond motifs is 2. The molecule has 3 heteroatoms. The third-order valence-corrected chi connectivity index (χ3v) is 3.68. The van der Waals surface area contributed by atoms with Crippen molar-refractivity contribution < 1.29 is 9.59 Å². The number of allylic oxidation sites excluding steroid dienone is 2. The molecule has 0 atom stereocenters. The quantitative estimate of drug-likeness (QED) is 0.728. The molecule has 1 fully saturated rings. The number of rotatable bonds is 1. The highest BCUT2D eigenvalue weighted by Crippen LogP contribution is 2.29. The molecule has 0 bridgehead atoms. The Bertz CT molecular complexity index is 769. The zero-order valence-electron chi connectivity index (χ0n) is 10.2. The first kappa shape index (κ1) is 10.5. The van der Waals surface area contributed by atoms with Crippen LogP contribution in [0.2, 0.25) is 0 Å². The molecule has 1 heterocycles. The lowest BCUT2D eigenvalue weighted by atomic mass is 9.90. The third kappa shape index (κ3) is 1.51. The smallest absolute Gasteiger partial charge is 0.209 e. The number of Topliss-reactive ketones (excluding diaryl/α,β-unsaturated/α-hetero) is 1. The second-order valence-electron chi connectivity index (χ2n) is 4.95. The number of ketones is 2. The van der Waals surface area contributed by atoms with Gasteiger partial charge in [0.05, 0.1) is 5.70 Å². The van der Waals surface area contributed by atoms with E-state index in [9.17, 15) is 9.59 Å². The van der Waals surface area contributed by atoms with E-state index >= 15 is 0 Å². The number of hydrogen-bond donors (Lipinski definition) is 0. The van der Waals surface area contributed by atoms with Crippen LogP contribution in [0.25, 0.3) is 10.8 Å². The first-order valence-corrected chi connectivity index (χ1v) is 6.32. The van der Waals surface area contributed by atoms with E-state index in [1.807, 2.05) is 41.3 Å². The van der Waals surface area contributed by atoms with E-state index in [0.29, 0.717) is 16.8 Å². The fourth-order valence-corrected chi connectivity index (χ4v) is 2.56. The predicted molar refractivity (Wildman–Crippen MR) is 72.3 cm³/mol. The molecule has 0 aromatic heterocycles.